The summed E-state index contributed by atoms with van der Waals surface area (Å²) in [5.74, 6) is 0.656. The molecule has 5 nitrogen and oxygen atoms in total. The number of anilines is 2. The number of fused-ring (bicyclic) bond motifs is 2. The summed E-state index contributed by atoms with van der Waals surface area (Å²) in [6.45, 7) is 1.97. The molecule has 134 valence electrons. The molecule has 0 spiro atoms. The minimum absolute atomic E-state index is 0.193. The van der Waals surface area contributed by atoms with Crippen molar-refractivity contribution in [1.29, 1.82) is 0 Å². The van der Waals surface area contributed by atoms with Crippen LogP contribution in [0.5, 0.6) is 11.5 Å². The zero-order valence-corrected chi connectivity index (χ0v) is 15.0. The highest BCUT2D eigenvalue weighted by Crippen LogP contribution is 2.38. The van der Waals surface area contributed by atoms with Gasteiger partial charge < -0.3 is 15.0 Å². The highest BCUT2D eigenvalue weighted by molar-refractivity contribution is 6.11. The second-order valence-corrected chi connectivity index (χ2v) is 6.47. The van der Waals surface area contributed by atoms with Gasteiger partial charge in [0, 0.05) is 18.3 Å². The maximum absolute atomic E-state index is 12.9. The Balaban J connectivity index is 1.65. The fourth-order valence-corrected chi connectivity index (χ4v) is 3.00. The first-order chi connectivity index (χ1) is 13.0. The zero-order chi connectivity index (χ0) is 19.0. The van der Waals surface area contributed by atoms with E-state index in [2.05, 4.69) is 5.32 Å². The molecule has 1 aliphatic rings. The number of ether oxygens (including phenoxy) is 1. The predicted octanol–water partition coefficient (Wildman–Crippen LogP) is 4.63. The van der Waals surface area contributed by atoms with Crippen molar-refractivity contribution in [2.75, 3.05) is 17.3 Å². The standard InChI is InChI=1S/C22H18N2O3/c1-14-7-9-15(10-8-14)21(25)23-16-11-12-19-17(13-16)22(26)24(2)18-5-3-4-6-20(18)27-19/h3-13H,1-2H3,(H,23,25). The van der Waals surface area contributed by atoms with E-state index in [1.165, 1.54) is 0 Å². The molecule has 0 unspecified atom stereocenters. The average molecular weight is 358 g/mol. The summed E-state index contributed by atoms with van der Waals surface area (Å²) in [5, 5.41) is 2.84. The van der Waals surface area contributed by atoms with E-state index in [1.807, 2.05) is 43.3 Å². The van der Waals surface area contributed by atoms with Gasteiger partial charge in [0.05, 0.1) is 11.3 Å². The molecule has 0 aliphatic carbocycles. The third kappa shape index (κ3) is 3.15. The summed E-state index contributed by atoms with van der Waals surface area (Å²) in [5.41, 5.74) is 3.28. The Kier molecular flexibility index (Phi) is 4.12. The van der Waals surface area contributed by atoms with E-state index in [9.17, 15) is 9.59 Å². The summed E-state index contributed by atoms with van der Waals surface area (Å²) in [6, 6.07) is 19.8. The number of aryl methyl sites for hydroxylation is 1. The summed E-state index contributed by atoms with van der Waals surface area (Å²) in [7, 11) is 1.71. The van der Waals surface area contributed by atoms with Crippen LogP contribution in [0.3, 0.4) is 0 Å². The Morgan fingerprint density at radius 1 is 0.963 bits per heavy atom. The van der Waals surface area contributed by atoms with Crippen LogP contribution < -0.4 is 15.0 Å². The number of para-hydroxylation sites is 2. The molecule has 3 aromatic carbocycles. The van der Waals surface area contributed by atoms with Crippen LogP contribution >= 0.6 is 0 Å². The van der Waals surface area contributed by atoms with Crippen LogP contribution in [0, 0.1) is 6.92 Å². The van der Waals surface area contributed by atoms with E-state index in [4.69, 9.17) is 4.74 Å². The first kappa shape index (κ1) is 16.8. The monoisotopic (exact) mass is 358 g/mol. The Labute approximate surface area is 157 Å². The molecule has 0 bridgehead atoms. The summed E-state index contributed by atoms with van der Waals surface area (Å²) in [6.07, 6.45) is 0. The maximum Gasteiger partial charge on any atom is 0.261 e. The van der Waals surface area contributed by atoms with Crippen molar-refractivity contribution >= 4 is 23.2 Å². The summed E-state index contributed by atoms with van der Waals surface area (Å²) >= 11 is 0. The van der Waals surface area contributed by atoms with Gasteiger partial charge in [0.15, 0.2) is 5.75 Å². The molecule has 1 aliphatic heterocycles. The lowest BCUT2D eigenvalue weighted by Crippen LogP contribution is -2.25. The molecular weight excluding hydrogens is 340 g/mol. The van der Waals surface area contributed by atoms with E-state index >= 15 is 0 Å². The van der Waals surface area contributed by atoms with Gasteiger partial charge in [-0.15, -0.1) is 0 Å². The molecule has 4 rings (SSSR count). The lowest BCUT2D eigenvalue weighted by atomic mass is 10.1. The van der Waals surface area contributed by atoms with Crippen molar-refractivity contribution in [3.05, 3.63) is 83.4 Å². The quantitative estimate of drug-likeness (QED) is 0.727. The predicted molar refractivity (Wildman–Crippen MR) is 105 cm³/mol. The number of carbonyl (C=O) groups is 2. The van der Waals surface area contributed by atoms with Crippen molar-refractivity contribution in [2.24, 2.45) is 0 Å². The van der Waals surface area contributed by atoms with Crippen LogP contribution in [0.1, 0.15) is 26.3 Å². The van der Waals surface area contributed by atoms with Crippen LogP contribution in [0.4, 0.5) is 11.4 Å². The smallest absolute Gasteiger partial charge is 0.261 e. The van der Waals surface area contributed by atoms with Gasteiger partial charge in [-0.3, -0.25) is 9.59 Å². The summed E-state index contributed by atoms with van der Waals surface area (Å²) in [4.78, 5) is 26.9. The van der Waals surface area contributed by atoms with E-state index in [0.29, 0.717) is 34.0 Å². The highest BCUT2D eigenvalue weighted by Gasteiger charge is 2.25. The minimum atomic E-state index is -0.228. The van der Waals surface area contributed by atoms with Crippen molar-refractivity contribution in [3.8, 4) is 11.5 Å². The number of rotatable bonds is 2. The zero-order valence-electron chi connectivity index (χ0n) is 15.0. The molecular formula is C22H18N2O3. The number of amides is 2. The molecule has 0 atom stereocenters. The topological polar surface area (TPSA) is 58.6 Å². The molecule has 0 radical (unpaired) electrons. The molecule has 27 heavy (non-hydrogen) atoms. The van der Waals surface area contributed by atoms with Crippen molar-refractivity contribution < 1.29 is 14.3 Å². The van der Waals surface area contributed by atoms with Crippen LogP contribution in [0.25, 0.3) is 0 Å². The second kappa shape index (κ2) is 6.61. The second-order valence-electron chi connectivity index (χ2n) is 6.47. The van der Waals surface area contributed by atoms with Gasteiger partial charge >= 0.3 is 0 Å². The Morgan fingerprint density at radius 2 is 1.70 bits per heavy atom. The van der Waals surface area contributed by atoms with Gasteiger partial charge in [0.1, 0.15) is 5.75 Å². The first-order valence-corrected chi connectivity index (χ1v) is 8.60. The Hall–Kier alpha value is -3.60. The molecule has 2 amide bonds. The fraction of sp³-hybridized carbons (Fsp3) is 0.0909. The molecule has 0 saturated carbocycles. The number of nitrogens with one attached hydrogen (secondary N) is 1. The van der Waals surface area contributed by atoms with Crippen LogP contribution in [0.2, 0.25) is 0 Å². The molecule has 0 saturated heterocycles. The Bertz CT molecular complexity index is 1040. The first-order valence-electron chi connectivity index (χ1n) is 8.60. The molecule has 5 heteroatoms. The summed E-state index contributed by atoms with van der Waals surface area (Å²) < 4.78 is 5.93. The third-order valence-corrected chi connectivity index (χ3v) is 4.53. The van der Waals surface area contributed by atoms with E-state index < -0.39 is 0 Å². The molecule has 0 fully saturated rings. The fourth-order valence-electron chi connectivity index (χ4n) is 3.00. The van der Waals surface area contributed by atoms with Crippen molar-refractivity contribution in [2.45, 2.75) is 6.92 Å². The Morgan fingerprint density at radius 3 is 2.48 bits per heavy atom. The number of nitrogens with zero attached hydrogens (tertiary/aromatic N) is 1. The van der Waals surface area contributed by atoms with Gasteiger partial charge in [-0.1, -0.05) is 29.8 Å². The van der Waals surface area contributed by atoms with Crippen LogP contribution in [-0.4, -0.2) is 18.9 Å². The van der Waals surface area contributed by atoms with Gasteiger partial charge in [-0.25, -0.2) is 0 Å². The van der Waals surface area contributed by atoms with E-state index in [1.54, 1.807) is 42.3 Å². The molecule has 0 aromatic heterocycles. The number of benzene rings is 3. The van der Waals surface area contributed by atoms with Gasteiger partial charge in [0.25, 0.3) is 11.8 Å². The van der Waals surface area contributed by atoms with Crippen LogP contribution in [0.15, 0.2) is 66.7 Å². The maximum atomic E-state index is 12.9. The minimum Gasteiger partial charge on any atom is -0.454 e. The number of hydrogen-bond donors (Lipinski definition) is 1. The van der Waals surface area contributed by atoms with Crippen LogP contribution in [-0.2, 0) is 0 Å². The van der Waals surface area contributed by atoms with E-state index in [-0.39, 0.29) is 11.8 Å². The van der Waals surface area contributed by atoms with Crippen molar-refractivity contribution in [1.82, 2.24) is 0 Å². The SMILES string of the molecule is Cc1ccc(C(=O)Nc2ccc3c(c2)C(=O)N(C)c2ccccc2O3)cc1. The largest absolute Gasteiger partial charge is 0.454 e. The van der Waals surface area contributed by atoms with E-state index in [0.717, 1.165) is 5.56 Å². The lowest BCUT2D eigenvalue weighted by molar-refractivity contribution is 0.0990. The van der Waals surface area contributed by atoms with Gasteiger partial charge in [0.2, 0.25) is 0 Å². The lowest BCUT2D eigenvalue weighted by Gasteiger charge is -2.16. The third-order valence-electron chi connectivity index (χ3n) is 4.53. The molecule has 1 N–H and O–H groups in total. The molecule has 3 aromatic rings. The normalized spacial score (nSPS) is 12.5. The number of carbonyl (C=O) groups excluding carboxylic acids is 2. The highest BCUT2D eigenvalue weighted by atomic mass is 16.5. The van der Waals surface area contributed by atoms with Gasteiger partial charge in [-0.05, 0) is 49.4 Å². The van der Waals surface area contributed by atoms with Gasteiger partial charge in [-0.2, -0.15) is 0 Å². The average Bonchev–Trinajstić information content (AvgIpc) is 2.78. The van der Waals surface area contributed by atoms with Crippen molar-refractivity contribution in [3.63, 3.8) is 0 Å². The number of hydrogen-bond acceptors (Lipinski definition) is 3. The molecule has 1 heterocycles.